The molecule has 2 aliphatic rings. The van der Waals surface area contributed by atoms with E-state index in [1.54, 1.807) is 30.5 Å². The second-order valence-electron chi connectivity index (χ2n) is 7.40. The summed E-state index contributed by atoms with van der Waals surface area (Å²) in [4.78, 5) is 1.81. The maximum atomic E-state index is 12.7. The van der Waals surface area contributed by atoms with Gasteiger partial charge in [-0.25, -0.2) is 8.42 Å². The number of quaternary nitrogens is 1. The van der Waals surface area contributed by atoms with E-state index in [4.69, 9.17) is 9.15 Å². The summed E-state index contributed by atoms with van der Waals surface area (Å²) in [5.74, 6) is 1.36. The summed E-state index contributed by atoms with van der Waals surface area (Å²) in [6.07, 6.45) is 1.74. The minimum atomic E-state index is -3.49. The molecule has 0 aliphatic carbocycles. The number of ether oxygens (including phenoxy) is 1. The maximum absolute atomic E-state index is 12.7. The smallest absolute Gasteiger partial charge is 0.243 e. The van der Waals surface area contributed by atoms with Crippen LogP contribution in [0.15, 0.2) is 50.8 Å². The van der Waals surface area contributed by atoms with E-state index in [2.05, 4.69) is 17.2 Å². The van der Waals surface area contributed by atoms with Crippen LogP contribution in [0.4, 0.5) is 0 Å². The van der Waals surface area contributed by atoms with Gasteiger partial charge >= 0.3 is 0 Å². The molecule has 0 atom stereocenters. The first-order chi connectivity index (χ1) is 14.0. The number of hydrogen-bond acceptors (Lipinski definition) is 6. The average Bonchev–Trinajstić information content (AvgIpc) is 3.23. The van der Waals surface area contributed by atoms with Gasteiger partial charge in [0, 0.05) is 18.7 Å². The third-order valence-electron chi connectivity index (χ3n) is 5.32. The van der Waals surface area contributed by atoms with E-state index in [1.807, 2.05) is 12.1 Å². The number of furan rings is 1. The first kappa shape index (κ1) is 20.1. The molecule has 1 aromatic heterocycles. The van der Waals surface area contributed by atoms with E-state index in [1.165, 1.54) is 9.21 Å². The zero-order chi connectivity index (χ0) is 20.3. The molecule has 2 fully saturated rings. The molecule has 8 nitrogen and oxygen atoms in total. The van der Waals surface area contributed by atoms with Crippen LogP contribution in [-0.4, -0.2) is 83.5 Å². The molecule has 0 amide bonds. The van der Waals surface area contributed by atoms with E-state index in [0.29, 0.717) is 37.8 Å². The molecule has 0 unspecified atom stereocenters. The molecule has 3 heterocycles. The van der Waals surface area contributed by atoms with Crippen molar-refractivity contribution in [3.63, 3.8) is 0 Å². The summed E-state index contributed by atoms with van der Waals surface area (Å²) < 4.78 is 38.0. The molecular formula is C20H27N4O4S+. The number of piperazine rings is 1. The van der Waals surface area contributed by atoms with Crippen LogP contribution in [0.3, 0.4) is 0 Å². The highest BCUT2D eigenvalue weighted by atomic mass is 32.2. The van der Waals surface area contributed by atoms with Gasteiger partial charge in [0.25, 0.3) is 0 Å². The van der Waals surface area contributed by atoms with Gasteiger partial charge in [-0.1, -0.05) is 0 Å². The highest BCUT2D eigenvalue weighted by Crippen LogP contribution is 2.25. The lowest BCUT2D eigenvalue weighted by atomic mass is 10.2. The quantitative estimate of drug-likeness (QED) is 0.697. The monoisotopic (exact) mass is 419 g/mol. The Morgan fingerprint density at radius 2 is 1.69 bits per heavy atom. The van der Waals surface area contributed by atoms with Crippen LogP contribution in [0.1, 0.15) is 5.76 Å². The van der Waals surface area contributed by atoms with E-state index in [-0.39, 0.29) is 4.90 Å². The molecule has 156 valence electrons. The normalized spacial score (nSPS) is 19.8. The van der Waals surface area contributed by atoms with E-state index >= 15 is 0 Å². The van der Waals surface area contributed by atoms with E-state index in [9.17, 15) is 8.42 Å². The van der Waals surface area contributed by atoms with Crippen molar-refractivity contribution in [2.75, 3.05) is 59.5 Å². The van der Waals surface area contributed by atoms with Gasteiger partial charge < -0.3 is 14.1 Å². The van der Waals surface area contributed by atoms with Crippen molar-refractivity contribution < 1.29 is 22.5 Å². The predicted octanol–water partition coefficient (Wildman–Crippen LogP) is 0.132. The van der Waals surface area contributed by atoms with Crippen molar-refractivity contribution >= 4 is 16.2 Å². The molecule has 29 heavy (non-hydrogen) atoms. The van der Waals surface area contributed by atoms with Crippen LogP contribution < -0.4 is 4.90 Å². The average molecular weight is 420 g/mol. The van der Waals surface area contributed by atoms with Gasteiger partial charge in [0.2, 0.25) is 10.0 Å². The number of morpholine rings is 1. The number of rotatable bonds is 5. The van der Waals surface area contributed by atoms with Crippen LogP contribution in [0.5, 0.6) is 0 Å². The van der Waals surface area contributed by atoms with Crippen LogP contribution in [0.25, 0.3) is 11.3 Å². The lowest BCUT2D eigenvalue weighted by Gasteiger charge is -2.27. The Kier molecular flexibility index (Phi) is 6.00. The summed E-state index contributed by atoms with van der Waals surface area (Å²) in [6.45, 7) is 5.69. The van der Waals surface area contributed by atoms with Gasteiger partial charge in [-0.3, -0.25) is 5.01 Å². The Bertz CT molecular complexity index is 941. The molecule has 0 radical (unpaired) electrons. The third-order valence-corrected chi connectivity index (χ3v) is 7.23. The Morgan fingerprint density at radius 1 is 1.00 bits per heavy atom. The van der Waals surface area contributed by atoms with Crippen molar-refractivity contribution in [3.05, 3.63) is 42.2 Å². The zero-order valence-electron chi connectivity index (χ0n) is 16.6. The molecule has 2 aliphatic heterocycles. The molecule has 2 saturated heterocycles. The minimum absolute atomic E-state index is 0.286. The number of hydrazone groups is 1. The molecule has 4 rings (SSSR count). The lowest BCUT2D eigenvalue weighted by molar-refractivity contribution is -0.884. The number of benzene rings is 1. The number of nitrogens with zero attached hydrogens (tertiary/aromatic N) is 3. The van der Waals surface area contributed by atoms with Crippen molar-refractivity contribution in [3.8, 4) is 11.3 Å². The molecule has 0 spiro atoms. The van der Waals surface area contributed by atoms with Gasteiger partial charge in [-0.05, 0) is 36.4 Å². The van der Waals surface area contributed by atoms with Crippen LogP contribution >= 0.6 is 0 Å². The third kappa shape index (κ3) is 4.69. The van der Waals surface area contributed by atoms with E-state index in [0.717, 1.165) is 31.7 Å². The second-order valence-corrected chi connectivity index (χ2v) is 9.34. The Hall–Kier alpha value is -2.20. The highest BCUT2D eigenvalue weighted by molar-refractivity contribution is 7.89. The van der Waals surface area contributed by atoms with Crippen molar-refractivity contribution in [2.24, 2.45) is 5.10 Å². The van der Waals surface area contributed by atoms with Crippen LogP contribution in [-0.2, 0) is 14.8 Å². The fraction of sp³-hybridized carbons (Fsp3) is 0.450. The Morgan fingerprint density at radius 3 is 2.38 bits per heavy atom. The molecule has 2 aromatic rings. The summed E-state index contributed by atoms with van der Waals surface area (Å²) in [5, 5.41) is 6.56. The van der Waals surface area contributed by atoms with Gasteiger partial charge in [0.1, 0.15) is 11.5 Å². The standard InChI is InChI=1S/C20H26N4O4S/c1-22-8-10-23(11-9-22)21-16-18-4-7-20(28-18)17-2-5-19(6-3-17)29(25,26)24-12-14-27-15-13-24/h2-7,16H,8-15H2,1H3/p+1/b21-16-. The lowest BCUT2D eigenvalue weighted by Crippen LogP contribution is -3.11. The Balaban J connectivity index is 1.43. The van der Waals surface area contributed by atoms with Crippen molar-refractivity contribution in [1.82, 2.24) is 9.31 Å². The highest BCUT2D eigenvalue weighted by Gasteiger charge is 2.26. The molecule has 9 heteroatoms. The molecule has 1 N–H and O–H groups in total. The van der Waals surface area contributed by atoms with Crippen molar-refractivity contribution in [2.45, 2.75) is 4.90 Å². The van der Waals surface area contributed by atoms with Crippen molar-refractivity contribution in [1.29, 1.82) is 0 Å². The summed E-state index contributed by atoms with van der Waals surface area (Å²) in [7, 11) is -1.29. The fourth-order valence-electron chi connectivity index (χ4n) is 3.44. The maximum Gasteiger partial charge on any atom is 0.243 e. The summed E-state index contributed by atoms with van der Waals surface area (Å²) >= 11 is 0. The molecule has 1 aromatic carbocycles. The van der Waals surface area contributed by atoms with Crippen LogP contribution in [0, 0.1) is 0 Å². The predicted molar refractivity (Wildman–Crippen MR) is 110 cm³/mol. The fourth-order valence-corrected chi connectivity index (χ4v) is 4.84. The van der Waals surface area contributed by atoms with Gasteiger partial charge in [-0.15, -0.1) is 0 Å². The first-order valence-corrected chi connectivity index (χ1v) is 11.3. The molecular weight excluding hydrogens is 392 g/mol. The second kappa shape index (κ2) is 8.66. The van der Waals surface area contributed by atoms with Gasteiger partial charge in [0.15, 0.2) is 0 Å². The molecule has 0 saturated carbocycles. The topological polar surface area (TPSA) is 79.8 Å². The SMILES string of the molecule is C[NH+]1CCN(/N=C\c2ccc(-c3ccc(S(=O)(=O)N4CCOCC4)cc3)o2)CC1. The molecule has 0 bridgehead atoms. The number of sulfonamides is 1. The van der Waals surface area contributed by atoms with Gasteiger partial charge in [0.05, 0.1) is 57.6 Å². The number of nitrogens with one attached hydrogen (secondary N) is 1. The summed E-state index contributed by atoms with van der Waals surface area (Å²) in [5.41, 5.74) is 0.828. The Labute approximate surface area is 171 Å². The number of likely N-dealkylation sites (N-methyl/N-ethyl adjacent to an activating group) is 1. The largest absolute Gasteiger partial charge is 0.455 e. The first-order valence-electron chi connectivity index (χ1n) is 9.91. The minimum Gasteiger partial charge on any atom is -0.455 e. The van der Waals surface area contributed by atoms with Gasteiger partial charge in [-0.2, -0.15) is 9.41 Å². The van der Waals surface area contributed by atoms with E-state index < -0.39 is 10.0 Å². The number of hydrogen-bond donors (Lipinski definition) is 1. The van der Waals surface area contributed by atoms with Crippen LogP contribution in [0.2, 0.25) is 0 Å². The summed E-state index contributed by atoms with van der Waals surface area (Å²) in [6, 6.07) is 10.6. The zero-order valence-corrected chi connectivity index (χ0v) is 17.4.